The highest BCUT2D eigenvalue weighted by Gasteiger charge is 2.21. The lowest BCUT2D eigenvalue weighted by molar-refractivity contribution is -0.136. The van der Waals surface area contributed by atoms with Crippen molar-refractivity contribution >= 4 is 17.6 Å². The summed E-state index contributed by atoms with van der Waals surface area (Å²) in [5.74, 6) is -0.190. The molecule has 2 aromatic rings. The van der Waals surface area contributed by atoms with Gasteiger partial charge in [-0.05, 0) is 36.2 Å². The molecule has 0 bridgehead atoms. The van der Waals surface area contributed by atoms with Crippen molar-refractivity contribution in [1.82, 2.24) is 0 Å². The lowest BCUT2D eigenvalue weighted by Gasteiger charge is -2.15. The van der Waals surface area contributed by atoms with E-state index >= 15 is 0 Å². The average Bonchev–Trinajstić information content (AvgIpc) is 2.54. The van der Waals surface area contributed by atoms with Crippen LogP contribution < -0.4 is 10.1 Å². The second-order valence-electron chi connectivity index (χ2n) is 5.38. The van der Waals surface area contributed by atoms with E-state index in [1.807, 2.05) is 37.3 Å². The maximum Gasteiger partial charge on any atom is 0.318 e. The first-order chi connectivity index (χ1) is 11.1. The third-order valence-electron chi connectivity index (χ3n) is 3.46. The van der Waals surface area contributed by atoms with Crippen LogP contribution in [0.1, 0.15) is 38.2 Å². The zero-order valence-electron chi connectivity index (χ0n) is 13.4. The summed E-state index contributed by atoms with van der Waals surface area (Å²) >= 11 is 0. The Morgan fingerprint density at radius 3 is 2.26 bits per heavy atom. The number of nitrogens with one attached hydrogen (secondary N) is 1. The maximum atomic E-state index is 12.5. The number of benzene rings is 2. The van der Waals surface area contributed by atoms with Crippen LogP contribution in [-0.4, -0.2) is 11.9 Å². The first kappa shape index (κ1) is 16.7. The van der Waals surface area contributed by atoms with Gasteiger partial charge in [-0.3, -0.25) is 9.59 Å². The normalized spacial score (nSPS) is 11.6. The lowest BCUT2D eigenvalue weighted by Crippen LogP contribution is -2.18. The number of ether oxygens (including phenoxy) is 1. The van der Waals surface area contributed by atoms with E-state index in [4.69, 9.17) is 4.74 Å². The second kappa shape index (κ2) is 8.13. The summed E-state index contributed by atoms with van der Waals surface area (Å²) in [6.07, 6.45) is 1.64. The quantitative estimate of drug-likeness (QED) is 0.644. The fourth-order valence-electron chi connectivity index (χ4n) is 2.39. The Hall–Kier alpha value is -2.62. The van der Waals surface area contributed by atoms with Crippen molar-refractivity contribution in [2.45, 2.75) is 32.6 Å². The van der Waals surface area contributed by atoms with Crippen LogP contribution in [0.5, 0.6) is 5.75 Å². The van der Waals surface area contributed by atoms with Crippen LogP contribution in [0.15, 0.2) is 54.6 Å². The van der Waals surface area contributed by atoms with Crippen molar-refractivity contribution in [3.05, 3.63) is 60.2 Å². The van der Waals surface area contributed by atoms with Gasteiger partial charge in [0.15, 0.2) is 0 Å². The van der Waals surface area contributed by atoms with Gasteiger partial charge in [-0.15, -0.1) is 0 Å². The van der Waals surface area contributed by atoms with Crippen molar-refractivity contribution in [2.75, 3.05) is 5.32 Å². The Kier molecular flexibility index (Phi) is 5.92. The summed E-state index contributed by atoms with van der Waals surface area (Å²) in [5, 5.41) is 2.67. The molecule has 1 amide bonds. The molecular formula is C19H21NO3. The minimum atomic E-state index is -0.267. The molecule has 2 rings (SSSR count). The minimum absolute atomic E-state index is 0.137. The Labute approximate surface area is 136 Å². The van der Waals surface area contributed by atoms with E-state index in [1.165, 1.54) is 6.92 Å². The van der Waals surface area contributed by atoms with Crippen molar-refractivity contribution in [3.63, 3.8) is 0 Å². The molecule has 0 fully saturated rings. The SMILES string of the molecule is CCCC(C(=O)Oc1ccc(NC(C)=O)cc1)c1ccccc1. The number of rotatable bonds is 6. The molecule has 23 heavy (non-hydrogen) atoms. The van der Waals surface area contributed by atoms with Crippen molar-refractivity contribution in [3.8, 4) is 5.75 Å². The molecule has 120 valence electrons. The zero-order valence-corrected chi connectivity index (χ0v) is 13.4. The van der Waals surface area contributed by atoms with E-state index in [9.17, 15) is 9.59 Å². The number of amides is 1. The van der Waals surface area contributed by atoms with Gasteiger partial charge < -0.3 is 10.1 Å². The highest BCUT2D eigenvalue weighted by Crippen LogP contribution is 2.25. The molecule has 1 atom stereocenters. The molecule has 2 aromatic carbocycles. The van der Waals surface area contributed by atoms with Gasteiger partial charge in [0.25, 0.3) is 0 Å². The molecule has 0 aliphatic carbocycles. The van der Waals surface area contributed by atoms with Crippen molar-refractivity contribution in [1.29, 1.82) is 0 Å². The Morgan fingerprint density at radius 2 is 1.70 bits per heavy atom. The molecule has 4 nitrogen and oxygen atoms in total. The van der Waals surface area contributed by atoms with Gasteiger partial charge >= 0.3 is 5.97 Å². The van der Waals surface area contributed by atoms with Crippen LogP contribution in [-0.2, 0) is 9.59 Å². The number of anilines is 1. The van der Waals surface area contributed by atoms with Gasteiger partial charge in [-0.1, -0.05) is 43.7 Å². The van der Waals surface area contributed by atoms with Gasteiger partial charge in [0.05, 0.1) is 5.92 Å². The van der Waals surface area contributed by atoms with Gasteiger partial charge in [0.1, 0.15) is 5.75 Å². The Balaban J connectivity index is 2.08. The highest BCUT2D eigenvalue weighted by atomic mass is 16.5. The Morgan fingerprint density at radius 1 is 1.04 bits per heavy atom. The summed E-state index contributed by atoms with van der Waals surface area (Å²) in [4.78, 5) is 23.5. The molecule has 0 saturated carbocycles. The van der Waals surface area contributed by atoms with E-state index < -0.39 is 0 Å². The zero-order chi connectivity index (χ0) is 16.7. The number of carbonyl (C=O) groups is 2. The fourth-order valence-corrected chi connectivity index (χ4v) is 2.39. The van der Waals surface area contributed by atoms with Gasteiger partial charge in [-0.2, -0.15) is 0 Å². The molecule has 0 radical (unpaired) electrons. The standard InChI is InChI=1S/C19H21NO3/c1-3-7-18(15-8-5-4-6-9-15)19(22)23-17-12-10-16(11-13-17)20-14(2)21/h4-6,8-13,18H,3,7H2,1-2H3,(H,20,21). The van der Waals surface area contributed by atoms with Crippen molar-refractivity contribution in [2.24, 2.45) is 0 Å². The molecule has 4 heteroatoms. The highest BCUT2D eigenvalue weighted by molar-refractivity contribution is 5.88. The van der Waals surface area contributed by atoms with Crippen LogP contribution in [0.25, 0.3) is 0 Å². The summed E-state index contributed by atoms with van der Waals surface area (Å²) in [7, 11) is 0. The largest absolute Gasteiger partial charge is 0.426 e. The van der Waals surface area contributed by atoms with E-state index in [2.05, 4.69) is 5.32 Å². The van der Waals surface area contributed by atoms with Crippen molar-refractivity contribution < 1.29 is 14.3 Å². The predicted octanol–water partition coefficient (Wildman–Crippen LogP) is 4.13. The lowest BCUT2D eigenvalue weighted by atomic mass is 9.95. The summed E-state index contributed by atoms with van der Waals surface area (Å²) in [6.45, 7) is 3.49. The summed E-state index contributed by atoms with van der Waals surface area (Å²) < 4.78 is 5.49. The first-order valence-corrected chi connectivity index (χ1v) is 7.74. The van der Waals surface area contributed by atoms with Gasteiger partial charge in [0, 0.05) is 12.6 Å². The fraction of sp³-hybridized carbons (Fsp3) is 0.263. The summed E-state index contributed by atoms with van der Waals surface area (Å²) in [6, 6.07) is 16.4. The first-order valence-electron chi connectivity index (χ1n) is 7.74. The summed E-state index contributed by atoms with van der Waals surface area (Å²) in [5.41, 5.74) is 1.64. The molecule has 1 unspecified atom stereocenters. The molecule has 0 aromatic heterocycles. The second-order valence-corrected chi connectivity index (χ2v) is 5.38. The third kappa shape index (κ3) is 4.95. The molecule has 0 saturated heterocycles. The van der Waals surface area contributed by atoms with Crippen LogP contribution in [0, 0.1) is 0 Å². The number of hydrogen-bond donors (Lipinski definition) is 1. The minimum Gasteiger partial charge on any atom is -0.426 e. The van der Waals surface area contributed by atoms with E-state index in [-0.39, 0.29) is 17.8 Å². The number of hydrogen-bond acceptors (Lipinski definition) is 3. The number of carbonyl (C=O) groups excluding carboxylic acids is 2. The molecule has 0 aliphatic heterocycles. The maximum absolute atomic E-state index is 12.5. The van der Waals surface area contributed by atoms with Crippen LogP contribution in [0.4, 0.5) is 5.69 Å². The molecular weight excluding hydrogens is 290 g/mol. The molecule has 0 heterocycles. The molecule has 0 aliphatic rings. The van der Waals surface area contributed by atoms with Gasteiger partial charge in [-0.25, -0.2) is 0 Å². The Bertz CT molecular complexity index is 650. The van der Waals surface area contributed by atoms with E-state index in [0.717, 1.165) is 18.4 Å². The topological polar surface area (TPSA) is 55.4 Å². The van der Waals surface area contributed by atoms with Crippen LogP contribution in [0.3, 0.4) is 0 Å². The molecule has 0 spiro atoms. The monoisotopic (exact) mass is 311 g/mol. The van der Waals surface area contributed by atoms with E-state index in [0.29, 0.717) is 11.4 Å². The van der Waals surface area contributed by atoms with E-state index in [1.54, 1.807) is 24.3 Å². The molecule has 1 N–H and O–H groups in total. The predicted molar refractivity (Wildman–Crippen MR) is 90.5 cm³/mol. The third-order valence-corrected chi connectivity index (χ3v) is 3.46. The van der Waals surface area contributed by atoms with Crippen LogP contribution >= 0.6 is 0 Å². The average molecular weight is 311 g/mol. The van der Waals surface area contributed by atoms with Crippen LogP contribution in [0.2, 0.25) is 0 Å². The van der Waals surface area contributed by atoms with Gasteiger partial charge in [0.2, 0.25) is 5.91 Å². The number of esters is 1. The smallest absolute Gasteiger partial charge is 0.318 e.